The summed E-state index contributed by atoms with van der Waals surface area (Å²) >= 11 is 5.64. The second-order valence-corrected chi connectivity index (χ2v) is 6.55. The topological polar surface area (TPSA) is 54.9 Å². The van der Waals surface area contributed by atoms with Crippen molar-refractivity contribution in [1.82, 2.24) is 9.55 Å². The zero-order chi connectivity index (χ0) is 13.4. The van der Waals surface area contributed by atoms with Crippen LogP contribution in [0.4, 0.5) is 0 Å². The van der Waals surface area contributed by atoms with Gasteiger partial charge in [0, 0.05) is 11.6 Å². The molecule has 0 aliphatic carbocycles. The Bertz CT molecular complexity index is 489. The highest BCUT2D eigenvalue weighted by atomic mass is 35.5. The highest BCUT2D eigenvalue weighted by Gasteiger charge is 2.29. The van der Waals surface area contributed by atoms with Gasteiger partial charge in [-0.05, 0) is 25.7 Å². The van der Waals surface area contributed by atoms with Gasteiger partial charge in [0.25, 0.3) is 5.56 Å². The molecule has 0 aliphatic heterocycles. The second kappa shape index (κ2) is 4.33. The molecule has 0 spiro atoms. The molecule has 1 aromatic heterocycles. The first kappa shape index (κ1) is 14.0. The van der Waals surface area contributed by atoms with E-state index in [4.69, 9.17) is 11.6 Å². The third-order valence-electron chi connectivity index (χ3n) is 2.47. The minimum Gasteiger partial charge on any atom is -0.298 e. The third kappa shape index (κ3) is 3.46. The minimum absolute atomic E-state index is 0.0228. The van der Waals surface area contributed by atoms with E-state index in [1.807, 2.05) is 13.8 Å². The van der Waals surface area contributed by atoms with Crippen LogP contribution >= 0.6 is 11.6 Å². The molecule has 1 heterocycles. The highest BCUT2D eigenvalue weighted by molar-refractivity contribution is 6.29. The number of hydrogen-bond donors (Lipinski definition) is 1. The van der Waals surface area contributed by atoms with Crippen molar-refractivity contribution in [3.05, 3.63) is 32.1 Å². The van der Waals surface area contributed by atoms with E-state index in [9.17, 15) is 9.59 Å². The fraction of sp³-hybridized carbons (Fsp3) is 0.667. The SMILES string of the molecule is CC(C)(C)CC(C)(C)n1c(=O)cc(Cl)[nH]c1=O. The minimum atomic E-state index is -0.548. The Morgan fingerprint density at radius 1 is 1.24 bits per heavy atom. The molecule has 0 saturated heterocycles. The van der Waals surface area contributed by atoms with Crippen LogP contribution in [0.5, 0.6) is 0 Å². The summed E-state index contributed by atoms with van der Waals surface area (Å²) in [4.78, 5) is 26.1. The van der Waals surface area contributed by atoms with Crippen molar-refractivity contribution in [2.24, 2.45) is 5.41 Å². The molecule has 0 radical (unpaired) electrons. The number of aromatic nitrogens is 2. The number of nitrogens with zero attached hydrogens (tertiary/aromatic N) is 1. The summed E-state index contributed by atoms with van der Waals surface area (Å²) in [6.07, 6.45) is 0.713. The van der Waals surface area contributed by atoms with Crippen molar-refractivity contribution in [2.45, 2.75) is 46.6 Å². The van der Waals surface area contributed by atoms with Gasteiger partial charge in [0.2, 0.25) is 0 Å². The fourth-order valence-electron chi connectivity index (χ4n) is 2.42. The van der Waals surface area contributed by atoms with E-state index in [0.29, 0.717) is 6.42 Å². The maximum Gasteiger partial charge on any atom is 0.329 e. The van der Waals surface area contributed by atoms with E-state index >= 15 is 0 Å². The Labute approximate surface area is 106 Å². The van der Waals surface area contributed by atoms with Crippen LogP contribution in [0, 0.1) is 5.41 Å². The lowest BCUT2D eigenvalue weighted by Gasteiger charge is -2.33. The molecule has 0 saturated carbocycles. The first-order valence-corrected chi connectivity index (χ1v) is 5.93. The second-order valence-electron chi connectivity index (χ2n) is 6.15. The molecule has 5 heteroatoms. The summed E-state index contributed by atoms with van der Waals surface area (Å²) in [6.45, 7) is 9.98. The Kier molecular flexibility index (Phi) is 3.58. The number of aromatic amines is 1. The average molecular weight is 259 g/mol. The number of nitrogens with one attached hydrogen (secondary N) is 1. The van der Waals surface area contributed by atoms with Crippen LogP contribution in [0.1, 0.15) is 41.0 Å². The van der Waals surface area contributed by atoms with Gasteiger partial charge in [-0.3, -0.25) is 14.3 Å². The lowest BCUT2D eigenvalue weighted by molar-refractivity contribution is 0.203. The molecular weight excluding hydrogens is 240 g/mol. The molecule has 0 bridgehead atoms. The Morgan fingerprint density at radius 3 is 2.18 bits per heavy atom. The van der Waals surface area contributed by atoms with Crippen molar-refractivity contribution in [3.8, 4) is 0 Å². The van der Waals surface area contributed by atoms with E-state index in [0.717, 1.165) is 0 Å². The Hall–Kier alpha value is -1.03. The normalized spacial score (nSPS) is 12.8. The standard InChI is InChI=1S/C12H19ClN2O2/c1-11(2,3)7-12(4,5)15-9(16)6-8(13)14-10(15)17/h6H,7H2,1-5H3,(H,14,17). The number of rotatable bonds is 2. The molecule has 4 nitrogen and oxygen atoms in total. The van der Waals surface area contributed by atoms with Gasteiger partial charge in [0.1, 0.15) is 5.15 Å². The summed E-state index contributed by atoms with van der Waals surface area (Å²) in [6, 6.07) is 1.23. The smallest absolute Gasteiger partial charge is 0.298 e. The first-order chi connectivity index (χ1) is 7.53. The van der Waals surface area contributed by atoms with Crippen molar-refractivity contribution in [1.29, 1.82) is 0 Å². The summed E-state index contributed by atoms with van der Waals surface area (Å²) < 4.78 is 1.23. The van der Waals surface area contributed by atoms with Gasteiger partial charge in [0.05, 0.1) is 0 Å². The van der Waals surface area contributed by atoms with Gasteiger partial charge < -0.3 is 0 Å². The first-order valence-electron chi connectivity index (χ1n) is 5.55. The summed E-state index contributed by atoms with van der Waals surface area (Å²) in [7, 11) is 0. The molecule has 1 aromatic rings. The predicted molar refractivity (Wildman–Crippen MR) is 69.7 cm³/mol. The quantitative estimate of drug-likeness (QED) is 0.828. The van der Waals surface area contributed by atoms with Crippen molar-refractivity contribution in [3.63, 3.8) is 0 Å². The largest absolute Gasteiger partial charge is 0.329 e. The molecule has 0 atom stereocenters. The molecular formula is C12H19ClN2O2. The van der Waals surface area contributed by atoms with E-state index < -0.39 is 11.2 Å². The highest BCUT2D eigenvalue weighted by Crippen LogP contribution is 2.30. The van der Waals surface area contributed by atoms with Gasteiger partial charge in [-0.15, -0.1) is 0 Å². The van der Waals surface area contributed by atoms with Gasteiger partial charge in [0.15, 0.2) is 0 Å². The molecule has 0 unspecified atom stereocenters. The van der Waals surface area contributed by atoms with E-state index in [-0.39, 0.29) is 16.1 Å². The van der Waals surface area contributed by atoms with Crippen molar-refractivity contribution < 1.29 is 0 Å². The zero-order valence-corrected chi connectivity index (χ0v) is 11.7. The van der Waals surface area contributed by atoms with Gasteiger partial charge in [-0.25, -0.2) is 4.79 Å². The number of halogens is 1. The Morgan fingerprint density at radius 2 is 1.76 bits per heavy atom. The van der Waals surface area contributed by atoms with Crippen LogP contribution in [0.2, 0.25) is 5.15 Å². The average Bonchev–Trinajstić information content (AvgIpc) is 1.93. The van der Waals surface area contributed by atoms with Crippen LogP contribution in [0.25, 0.3) is 0 Å². The Balaban J connectivity index is 3.34. The molecule has 1 N–H and O–H groups in total. The fourth-order valence-corrected chi connectivity index (χ4v) is 2.59. The van der Waals surface area contributed by atoms with E-state index in [2.05, 4.69) is 25.8 Å². The molecule has 96 valence electrons. The van der Waals surface area contributed by atoms with E-state index in [1.165, 1.54) is 10.6 Å². The predicted octanol–water partition coefficient (Wildman–Crippen LogP) is 2.36. The monoisotopic (exact) mass is 258 g/mol. The molecule has 1 rings (SSSR count). The van der Waals surface area contributed by atoms with Gasteiger partial charge in [-0.2, -0.15) is 0 Å². The van der Waals surface area contributed by atoms with Gasteiger partial charge >= 0.3 is 5.69 Å². The molecule has 17 heavy (non-hydrogen) atoms. The van der Waals surface area contributed by atoms with Gasteiger partial charge in [-0.1, -0.05) is 32.4 Å². The maximum absolute atomic E-state index is 11.9. The molecule has 0 fully saturated rings. The lowest BCUT2D eigenvalue weighted by Crippen LogP contribution is -2.47. The summed E-state index contributed by atoms with van der Waals surface area (Å²) in [5.41, 5.74) is -1.35. The van der Waals surface area contributed by atoms with Crippen LogP contribution in [0.3, 0.4) is 0 Å². The van der Waals surface area contributed by atoms with Crippen LogP contribution in [0.15, 0.2) is 15.7 Å². The van der Waals surface area contributed by atoms with Crippen LogP contribution in [-0.2, 0) is 5.54 Å². The zero-order valence-electron chi connectivity index (χ0n) is 10.9. The van der Waals surface area contributed by atoms with Crippen LogP contribution in [-0.4, -0.2) is 9.55 Å². The molecule has 0 amide bonds. The number of H-pyrrole nitrogens is 1. The van der Waals surface area contributed by atoms with E-state index in [1.54, 1.807) is 0 Å². The molecule has 0 aromatic carbocycles. The third-order valence-corrected chi connectivity index (χ3v) is 2.67. The van der Waals surface area contributed by atoms with Crippen molar-refractivity contribution in [2.75, 3.05) is 0 Å². The number of hydrogen-bond acceptors (Lipinski definition) is 2. The molecule has 0 aliphatic rings. The van der Waals surface area contributed by atoms with Crippen molar-refractivity contribution >= 4 is 11.6 Å². The lowest BCUT2D eigenvalue weighted by atomic mass is 9.81. The summed E-state index contributed by atoms with van der Waals surface area (Å²) in [5.74, 6) is 0. The maximum atomic E-state index is 11.9. The summed E-state index contributed by atoms with van der Waals surface area (Å²) in [5, 5.41) is 0.0720. The van der Waals surface area contributed by atoms with Crippen LogP contribution < -0.4 is 11.2 Å².